The van der Waals surface area contributed by atoms with Gasteiger partial charge in [0.15, 0.2) is 0 Å². The zero-order valence-electron chi connectivity index (χ0n) is 12.3. The van der Waals surface area contributed by atoms with Gasteiger partial charge in [0.05, 0.1) is 0 Å². The number of ether oxygens (including phenoxy) is 1. The monoisotopic (exact) mass is 244 g/mol. The Bertz CT molecular complexity index is 224. The predicted octanol–water partition coefficient (Wildman–Crippen LogP) is 2.94. The smallest absolute Gasteiger partial charge is 0.422 e. The van der Waals surface area contributed by atoms with Gasteiger partial charge in [0.2, 0.25) is 0 Å². The topological polar surface area (TPSA) is 50.4 Å². The third-order valence-electron chi connectivity index (χ3n) is 2.64. The first-order valence-electron chi connectivity index (χ1n) is 6.35. The van der Waals surface area contributed by atoms with Crippen LogP contribution in [0.15, 0.2) is 0 Å². The zero-order chi connectivity index (χ0) is 13.6. The van der Waals surface area contributed by atoms with Crippen LogP contribution in [0, 0.1) is 17.8 Å². The van der Waals surface area contributed by atoms with E-state index in [1.54, 1.807) is 0 Å². The number of carbonyl (C=O) groups excluding carboxylic acids is 1. The second kappa shape index (κ2) is 6.84. The average Bonchev–Trinajstić information content (AvgIpc) is 2.07. The van der Waals surface area contributed by atoms with Crippen molar-refractivity contribution in [1.29, 1.82) is 0 Å². The van der Waals surface area contributed by atoms with Gasteiger partial charge in [0.1, 0.15) is 5.60 Å². The Kier molecular flexibility index (Phi) is 6.53. The second-order valence-electron chi connectivity index (χ2n) is 6.16. The first-order valence-corrected chi connectivity index (χ1v) is 6.35. The van der Waals surface area contributed by atoms with Crippen molar-refractivity contribution in [3.05, 3.63) is 0 Å². The minimum Gasteiger partial charge on any atom is -0.443 e. The number of nitrogens with one attached hydrogen (secondary N) is 2. The van der Waals surface area contributed by atoms with Crippen LogP contribution in [-0.4, -0.2) is 18.2 Å². The third-order valence-corrected chi connectivity index (χ3v) is 2.64. The van der Waals surface area contributed by atoms with Crippen molar-refractivity contribution >= 4 is 6.09 Å². The molecule has 102 valence electrons. The fourth-order valence-corrected chi connectivity index (χ4v) is 1.79. The lowest BCUT2D eigenvalue weighted by atomic mass is 9.86. The molecule has 2 N–H and O–H groups in total. The summed E-state index contributed by atoms with van der Waals surface area (Å²) in [6.45, 7) is 15.1. The molecule has 0 bridgehead atoms. The highest BCUT2D eigenvalue weighted by atomic mass is 16.6. The van der Waals surface area contributed by atoms with Gasteiger partial charge in [0.25, 0.3) is 0 Å². The fourth-order valence-electron chi connectivity index (χ4n) is 1.79. The number of carbonyl (C=O) groups is 1. The molecule has 4 nitrogen and oxygen atoms in total. The minimum atomic E-state index is -0.457. The maximum absolute atomic E-state index is 11.4. The van der Waals surface area contributed by atoms with Crippen LogP contribution >= 0.6 is 0 Å². The lowest BCUT2D eigenvalue weighted by Crippen LogP contribution is -2.44. The molecule has 0 aliphatic rings. The maximum atomic E-state index is 11.4. The Labute approximate surface area is 105 Å². The van der Waals surface area contributed by atoms with Crippen molar-refractivity contribution in [3.8, 4) is 0 Å². The van der Waals surface area contributed by atoms with E-state index in [4.69, 9.17) is 4.74 Å². The minimum absolute atomic E-state index is 0.427. The lowest BCUT2D eigenvalue weighted by molar-refractivity contribution is 0.0489. The Morgan fingerprint density at radius 3 is 1.94 bits per heavy atom. The molecule has 0 spiro atoms. The molecule has 0 unspecified atom stereocenters. The molecule has 4 heteroatoms. The fraction of sp³-hybridized carbons (Fsp3) is 0.923. The summed E-state index contributed by atoms with van der Waals surface area (Å²) < 4.78 is 5.13. The molecule has 0 aliphatic carbocycles. The first kappa shape index (κ1) is 16.2. The van der Waals surface area contributed by atoms with Gasteiger partial charge >= 0.3 is 6.09 Å². The van der Waals surface area contributed by atoms with Gasteiger partial charge in [-0.2, -0.15) is 0 Å². The van der Waals surface area contributed by atoms with E-state index in [1.807, 2.05) is 20.8 Å². The van der Waals surface area contributed by atoms with Crippen molar-refractivity contribution < 1.29 is 9.53 Å². The van der Waals surface area contributed by atoms with Gasteiger partial charge in [-0.1, -0.05) is 27.7 Å². The Morgan fingerprint density at radius 1 is 1.12 bits per heavy atom. The van der Waals surface area contributed by atoms with Gasteiger partial charge in [-0.3, -0.25) is 5.43 Å². The van der Waals surface area contributed by atoms with Crippen LogP contribution in [0.1, 0.15) is 48.5 Å². The highest BCUT2D eigenvalue weighted by Gasteiger charge is 2.19. The van der Waals surface area contributed by atoms with E-state index in [2.05, 4.69) is 38.5 Å². The summed E-state index contributed by atoms with van der Waals surface area (Å²) in [4.78, 5) is 11.4. The summed E-state index contributed by atoms with van der Waals surface area (Å²) in [5.74, 6) is 1.70. The number of rotatable bonds is 5. The molecule has 0 aromatic carbocycles. The van der Waals surface area contributed by atoms with Crippen LogP contribution in [0.5, 0.6) is 0 Å². The van der Waals surface area contributed by atoms with E-state index >= 15 is 0 Å². The van der Waals surface area contributed by atoms with Crippen LogP contribution in [0.25, 0.3) is 0 Å². The van der Waals surface area contributed by atoms with Gasteiger partial charge in [-0.15, -0.1) is 0 Å². The Hall–Kier alpha value is -0.770. The van der Waals surface area contributed by atoms with E-state index < -0.39 is 11.7 Å². The summed E-state index contributed by atoms with van der Waals surface area (Å²) in [6.07, 6.45) is -0.427. The van der Waals surface area contributed by atoms with Crippen LogP contribution in [0.2, 0.25) is 0 Å². The third kappa shape index (κ3) is 8.02. The Balaban J connectivity index is 3.93. The lowest BCUT2D eigenvalue weighted by Gasteiger charge is -2.26. The molecule has 1 amide bonds. The molecule has 17 heavy (non-hydrogen) atoms. The van der Waals surface area contributed by atoms with Crippen LogP contribution < -0.4 is 10.9 Å². The summed E-state index contributed by atoms with van der Waals surface area (Å²) in [7, 11) is 0. The molecular formula is C13H28N2O2. The van der Waals surface area contributed by atoms with Gasteiger partial charge < -0.3 is 4.74 Å². The zero-order valence-corrected chi connectivity index (χ0v) is 12.3. The predicted molar refractivity (Wildman–Crippen MR) is 70.5 cm³/mol. The second-order valence-corrected chi connectivity index (χ2v) is 6.16. The van der Waals surface area contributed by atoms with Crippen LogP contribution in [0.4, 0.5) is 4.79 Å². The van der Waals surface area contributed by atoms with Crippen molar-refractivity contribution in [2.24, 2.45) is 17.8 Å². The molecule has 0 saturated heterocycles. The summed E-state index contributed by atoms with van der Waals surface area (Å²) in [5, 5.41) is 0. The van der Waals surface area contributed by atoms with Crippen molar-refractivity contribution in [3.63, 3.8) is 0 Å². The molecule has 0 fully saturated rings. The molecule has 0 aliphatic heterocycles. The van der Waals surface area contributed by atoms with Crippen LogP contribution in [0.3, 0.4) is 0 Å². The largest absolute Gasteiger partial charge is 0.443 e. The summed E-state index contributed by atoms with van der Waals surface area (Å²) in [5.41, 5.74) is 5.06. The molecule has 0 saturated carbocycles. The summed E-state index contributed by atoms with van der Waals surface area (Å²) in [6, 6.07) is 0. The van der Waals surface area contributed by atoms with Crippen LogP contribution in [-0.2, 0) is 4.74 Å². The highest BCUT2D eigenvalue weighted by Crippen LogP contribution is 2.19. The first-order chi connectivity index (χ1) is 7.63. The normalized spacial score (nSPS) is 12.4. The Morgan fingerprint density at radius 2 is 1.59 bits per heavy atom. The number of amides is 1. The molecular weight excluding hydrogens is 216 g/mol. The van der Waals surface area contributed by atoms with Gasteiger partial charge in [-0.05, 0) is 38.5 Å². The summed E-state index contributed by atoms with van der Waals surface area (Å²) >= 11 is 0. The van der Waals surface area contributed by atoms with Crippen molar-refractivity contribution in [2.45, 2.75) is 54.1 Å². The molecule has 0 rings (SSSR count). The maximum Gasteiger partial charge on any atom is 0.422 e. The van der Waals surface area contributed by atoms with Crippen molar-refractivity contribution in [2.75, 3.05) is 6.54 Å². The number of hydrogen-bond donors (Lipinski definition) is 2. The van der Waals surface area contributed by atoms with E-state index in [0.29, 0.717) is 17.8 Å². The number of hydrogen-bond acceptors (Lipinski definition) is 3. The molecule has 0 aromatic rings. The molecule has 0 atom stereocenters. The van der Waals surface area contributed by atoms with Gasteiger partial charge in [-0.25, -0.2) is 10.2 Å². The molecule has 0 aromatic heterocycles. The van der Waals surface area contributed by atoms with E-state index in [-0.39, 0.29) is 0 Å². The quantitative estimate of drug-likeness (QED) is 0.731. The van der Waals surface area contributed by atoms with E-state index in [1.165, 1.54) is 0 Å². The SMILES string of the molecule is CC(C)C(CNNC(=O)OC(C)(C)C)C(C)C. The number of hydrazine groups is 1. The van der Waals surface area contributed by atoms with E-state index in [0.717, 1.165) is 6.54 Å². The van der Waals surface area contributed by atoms with Crippen molar-refractivity contribution in [1.82, 2.24) is 10.9 Å². The average molecular weight is 244 g/mol. The van der Waals surface area contributed by atoms with Gasteiger partial charge in [0, 0.05) is 6.54 Å². The molecule has 0 radical (unpaired) electrons. The molecule has 0 heterocycles. The highest BCUT2D eigenvalue weighted by molar-refractivity contribution is 5.66. The standard InChI is InChI=1S/C13H28N2O2/c1-9(2)11(10(3)4)8-14-15-12(16)17-13(5,6)7/h9-11,14H,8H2,1-7H3,(H,15,16). The van der Waals surface area contributed by atoms with E-state index in [9.17, 15) is 4.79 Å².